The molecule has 4 rings (SSSR count). The third-order valence-electron chi connectivity index (χ3n) is 5.10. The van der Waals surface area contributed by atoms with E-state index in [2.05, 4.69) is 30.6 Å². The van der Waals surface area contributed by atoms with Crippen molar-refractivity contribution >= 4 is 5.91 Å². The molecule has 0 saturated heterocycles. The highest BCUT2D eigenvalue weighted by molar-refractivity contribution is 5.76. The van der Waals surface area contributed by atoms with Gasteiger partial charge in [-0.2, -0.15) is 10.1 Å². The Balaban J connectivity index is 1.21. The largest absolute Gasteiger partial charge is 0.353 e. The van der Waals surface area contributed by atoms with Gasteiger partial charge in [-0.25, -0.2) is 4.98 Å². The molecule has 0 unspecified atom stereocenters. The third-order valence-corrected chi connectivity index (χ3v) is 5.10. The molecule has 0 spiro atoms. The molecule has 8 nitrogen and oxygen atoms in total. The Hall–Kier alpha value is -2.25. The molecule has 128 valence electrons. The van der Waals surface area contributed by atoms with Crippen LogP contribution in [0.3, 0.4) is 0 Å². The van der Waals surface area contributed by atoms with Crippen molar-refractivity contribution in [3.8, 4) is 11.6 Å². The molecule has 2 atom stereocenters. The van der Waals surface area contributed by atoms with Crippen LogP contribution in [0.2, 0.25) is 0 Å². The minimum Gasteiger partial charge on any atom is -0.353 e. The predicted octanol–water partition coefficient (Wildman–Crippen LogP) is 1.87. The molecule has 0 bridgehead atoms. The van der Waals surface area contributed by atoms with Crippen LogP contribution < -0.4 is 5.32 Å². The van der Waals surface area contributed by atoms with Crippen molar-refractivity contribution in [3.05, 3.63) is 12.2 Å². The van der Waals surface area contributed by atoms with Crippen molar-refractivity contribution < 1.29 is 9.32 Å². The zero-order valence-electron chi connectivity index (χ0n) is 13.6. The van der Waals surface area contributed by atoms with Crippen LogP contribution in [0, 0.1) is 11.8 Å². The lowest BCUT2D eigenvalue weighted by Gasteiger charge is -2.21. The summed E-state index contributed by atoms with van der Waals surface area (Å²) in [6.45, 7) is 0. The van der Waals surface area contributed by atoms with Gasteiger partial charge in [0, 0.05) is 18.9 Å². The standard InChI is InChI=1S/C16H22N6O2/c23-13(19-12-8-11(12)10-4-2-1-3-5-10)6-7-14-20-16(22-24-14)15-17-9-18-21-15/h9-12H,1-8H2,(H,19,23)(H,17,18,21)/t11-,12+/m1/s1. The summed E-state index contributed by atoms with van der Waals surface area (Å²) in [6, 6.07) is 0.382. The molecule has 24 heavy (non-hydrogen) atoms. The van der Waals surface area contributed by atoms with Crippen LogP contribution >= 0.6 is 0 Å². The van der Waals surface area contributed by atoms with Gasteiger partial charge in [-0.3, -0.25) is 9.89 Å². The summed E-state index contributed by atoms with van der Waals surface area (Å²) in [5.41, 5.74) is 0. The zero-order valence-corrected chi connectivity index (χ0v) is 13.6. The Bertz CT molecular complexity index is 677. The fourth-order valence-corrected chi connectivity index (χ4v) is 3.73. The summed E-state index contributed by atoms with van der Waals surface area (Å²) < 4.78 is 5.15. The number of rotatable bonds is 6. The lowest BCUT2D eigenvalue weighted by Crippen LogP contribution is -2.28. The Labute approximate surface area is 139 Å². The number of H-pyrrole nitrogens is 1. The average molecular weight is 330 g/mol. The number of carbonyl (C=O) groups is 1. The molecule has 2 N–H and O–H groups in total. The maximum absolute atomic E-state index is 12.1. The maximum Gasteiger partial charge on any atom is 0.239 e. The van der Waals surface area contributed by atoms with E-state index in [1.54, 1.807) is 0 Å². The fourth-order valence-electron chi connectivity index (χ4n) is 3.73. The van der Waals surface area contributed by atoms with Crippen LogP contribution in [0.25, 0.3) is 11.6 Å². The summed E-state index contributed by atoms with van der Waals surface area (Å²) in [5, 5.41) is 13.4. The third kappa shape index (κ3) is 3.47. The van der Waals surface area contributed by atoms with E-state index in [1.165, 1.54) is 38.4 Å². The van der Waals surface area contributed by atoms with Crippen molar-refractivity contribution in [2.75, 3.05) is 0 Å². The minimum atomic E-state index is 0.0673. The Kier molecular flexibility index (Phi) is 4.27. The Morgan fingerprint density at radius 2 is 2.21 bits per heavy atom. The summed E-state index contributed by atoms with van der Waals surface area (Å²) in [6.07, 6.45) is 10.1. The molecule has 0 aliphatic heterocycles. The second-order valence-electron chi connectivity index (χ2n) is 6.82. The van der Waals surface area contributed by atoms with E-state index in [4.69, 9.17) is 4.52 Å². The number of nitrogens with zero attached hydrogens (tertiary/aromatic N) is 4. The topological polar surface area (TPSA) is 110 Å². The van der Waals surface area contributed by atoms with Gasteiger partial charge in [0.1, 0.15) is 6.33 Å². The van der Waals surface area contributed by atoms with Crippen LogP contribution in [-0.2, 0) is 11.2 Å². The summed E-state index contributed by atoms with van der Waals surface area (Å²) in [5.74, 6) is 2.86. The molecule has 0 aromatic carbocycles. The van der Waals surface area contributed by atoms with Crippen LogP contribution in [0.4, 0.5) is 0 Å². The number of hydrogen-bond donors (Lipinski definition) is 2. The van der Waals surface area contributed by atoms with E-state index >= 15 is 0 Å². The van der Waals surface area contributed by atoms with Gasteiger partial charge < -0.3 is 9.84 Å². The SMILES string of the molecule is O=C(CCc1nc(-c2ncn[nH]2)no1)N[C@H]1C[C@@H]1C1CCCCC1. The van der Waals surface area contributed by atoms with Crippen LogP contribution in [0.5, 0.6) is 0 Å². The normalized spacial score (nSPS) is 24.0. The Morgan fingerprint density at radius 1 is 1.33 bits per heavy atom. The van der Waals surface area contributed by atoms with Crippen LogP contribution in [-0.4, -0.2) is 37.3 Å². The molecule has 2 aromatic heterocycles. The number of aromatic amines is 1. The first-order valence-electron chi connectivity index (χ1n) is 8.77. The summed E-state index contributed by atoms with van der Waals surface area (Å²) in [7, 11) is 0. The van der Waals surface area contributed by atoms with Crippen molar-refractivity contribution in [3.63, 3.8) is 0 Å². The Morgan fingerprint density at radius 3 is 3.00 bits per heavy atom. The van der Waals surface area contributed by atoms with Gasteiger partial charge in [0.05, 0.1) is 0 Å². The number of hydrogen-bond acceptors (Lipinski definition) is 6. The maximum atomic E-state index is 12.1. The molecule has 2 aliphatic rings. The van der Waals surface area contributed by atoms with Crippen molar-refractivity contribution in [2.45, 2.75) is 57.4 Å². The van der Waals surface area contributed by atoms with Gasteiger partial charge in [0.2, 0.25) is 17.6 Å². The number of nitrogens with one attached hydrogen (secondary N) is 2. The van der Waals surface area contributed by atoms with E-state index in [0.717, 1.165) is 12.3 Å². The smallest absolute Gasteiger partial charge is 0.239 e. The molecular weight excluding hydrogens is 308 g/mol. The molecule has 2 aliphatic carbocycles. The second-order valence-corrected chi connectivity index (χ2v) is 6.82. The van der Waals surface area contributed by atoms with Crippen molar-refractivity contribution in [1.29, 1.82) is 0 Å². The minimum absolute atomic E-state index is 0.0673. The molecule has 1 amide bonds. The lowest BCUT2D eigenvalue weighted by atomic mass is 9.85. The predicted molar refractivity (Wildman–Crippen MR) is 84.6 cm³/mol. The molecule has 2 saturated carbocycles. The summed E-state index contributed by atoms with van der Waals surface area (Å²) in [4.78, 5) is 20.3. The van der Waals surface area contributed by atoms with Crippen LogP contribution in [0.15, 0.2) is 10.9 Å². The number of amides is 1. The fraction of sp³-hybridized carbons (Fsp3) is 0.688. The number of aromatic nitrogens is 5. The monoisotopic (exact) mass is 330 g/mol. The number of carbonyl (C=O) groups excluding carboxylic acids is 1. The van der Waals surface area contributed by atoms with E-state index in [1.807, 2.05) is 0 Å². The van der Waals surface area contributed by atoms with E-state index in [0.29, 0.717) is 42.3 Å². The molecule has 2 heterocycles. The first-order chi connectivity index (χ1) is 11.8. The van der Waals surface area contributed by atoms with Gasteiger partial charge in [0.15, 0.2) is 5.82 Å². The molecule has 2 fully saturated rings. The van der Waals surface area contributed by atoms with Gasteiger partial charge in [-0.05, 0) is 18.3 Å². The van der Waals surface area contributed by atoms with Gasteiger partial charge in [-0.1, -0.05) is 37.3 Å². The van der Waals surface area contributed by atoms with Crippen molar-refractivity contribution in [1.82, 2.24) is 30.6 Å². The van der Waals surface area contributed by atoms with Gasteiger partial charge in [0.25, 0.3) is 0 Å². The highest BCUT2D eigenvalue weighted by Gasteiger charge is 2.43. The quantitative estimate of drug-likeness (QED) is 0.837. The summed E-state index contributed by atoms with van der Waals surface area (Å²) >= 11 is 0. The molecular formula is C16H22N6O2. The zero-order chi connectivity index (χ0) is 16.4. The van der Waals surface area contributed by atoms with E-state index in [9.17, 15) is 4.79 Å². The lowest BCUT2D eigenvalue weighted by molar-refractivity contribution is -0.121. The molecule has 2 aromatic rings. The highest BCUT2D eigenvalue weighted by Crippen LogP contribution is 2.44. The first-order valence-corrected chi connectivity index (χ1v) is 8.77. The van der Waals surface area contributed by atoms with Gasteiger partial charge in [-0.15, -0.1) is 0 Å². The van der Waals surface area contributed by atoms with Crippen LogP contribution in [0.1, 0.15) is 50.8 Å². The van der Waals surface area contributed by atoms with Gasteiger partial charge >= 0.3 is 0 Å². The van der Waals surface area contributed by atoms with E-state index in [-0.39, 0.29) is 5.91 Å². The van der Waals surface area contributed by atoms with E-state index < -0.39 is 0 Å². The molecule has 8 heteroatoms. The first kappa shape index (κ1) is 15.3. The number of aryl methyl sites for hydroxylation is 1. The highest BCUT2D eigenvalue weighted by atomic mass is 16.5. The second kappa shape index (κ2) is 6.70. The average Bonchev–Trinajstić information content (AvgIpc) is 3.03. The van der Waals surface area contributed by atoms with Crippen molar-refractivity contribution in [2.24, 2.45) is 11.8 Å². The molecule has 0 radical (unpaired) electrons.